The van der Waals surface area contributed by atoms with E-state index >= 15 is 0 Å². The monoisotopic (exact) mass is 358 g/mol. The van der Waals surface area contributed by atoms with E-state index in [4.69, 9.17) is 0 Å². The van der Waals surface area contributed by atoms with Crippen LogP contribution in [0.1, 0.15) is 19.4 Å². The molecule has 0 aliphatic heterocycles. The molecule has 2 aromatic rings. The molecule has 0 heterocycles. The summed E-state index contributed by atoms with van der Waals surface area (Å²) in [6.07, 6.45) is 0.714. The molecule has 0 aliphatic carbocycles. The van der Waals surface area contributed by atoms with Gasteiger partial charge in [0.2, 0.25) is 0 Å². The third-order valence-corrected chi connectivity index (χ3v) is 4.22. The maximum Gasteiger partial charge on any atom is 0.534 e. The second kappa shape index (κ2) is 6.84. The number of halogens is 3. The zero-order valence-corrected chi connectivity index (χ0v) is 14.0. The standard InChI is InChI=1S/C17H17F3O3S/c1-12(2)10-13-8-9-16(23-24(21,22)17(18,19)20)15(11-13)14-6-4-3-5-7-14/h3-9,11-12H,10H2,1-2H3. The Balaban J connectivity index is 2.51. The Bertz CT molecular complexity index is 798. The molecule has 2 aromatic carbocycles. The highest BCUT2D eigenvalue weighted by atomic mass is 32.2. The predicted octanol–water partition coefficient (Wildman–Crippen LogP) is 4.78. The molecule has 2 rings (SSSR count). The fourth-order valence-corrected chi connectivity index (χ4v) is 2.73. The third-order valence-electron chi connectivity index (χ3n) is 3.26. The Hall–Kier alpha value is -2.02. The zero-order valence-electron chi connectivity index (χ0n) is 13.2. The maximum atomic E-state index is 12.6. The molecular weight excluding hydrogens is 341 g/mol. The predicted molar refractivity (Wildman–Crippen MR) is 86.0 cm³/mol. The van der Waals surface area contributed by atoms with Gasteiger partial charge in [-0.15, -0.1) is 0 Å². The summed E-state index contributed by atoms with van der Waals surface area (Å²) >= 11 is 0. The van der Waals surface area contributed by atoms with Crippen molar-refractivity contribution in [1.82, 2.24) is 0 Å². The summed E-state index contributed by atoms with van der Waals surface area (Å²) in [5.41, 5.74) is -3.70. The summed E-state index contributed by atoms with van der Waals surface area (Å²) in [7, 11) is -5.72. The summed E-state index contributed by atoms with van der Waals surface area (Å²) < 4.78 is 64.8. The first-order valence-corrected chi connectivity index (χ1v) is 8.70. The topological polar surface area (TPSA) is 43.4 Å². The molecule has 0 spiro atoms. The van der Waals surface area contributed by atoms with Crippen molar-refractivity contribution >= 4 is 10.1 Å². The molecule has 7 heteroatoms. The number of alkyl halides is 3. The largest absolute Gasteiger partial charge is 0.534 e. The van der Waals surface area contributed by atoms with Gasteiger partial charge in [-0.05, 0) is 35.6 Å². The van der Waals surface area contributed by atoms with Crippen LogP contribution in [0, 0.1) is 5.92 Å². The molecule has 0 saturated carbocycles. The second-order valence-corrected chi connectivity index (χ2v) is 7.32. The van der Waals surface area contributed by atoms with E-state index in [1.165, 1.54) is 6.07 Å². The Labute approximate surface area is 139 Å². The minimum Gasteiger partial charge on any atom is -0.375 e. The average Bonchev–Trinajstić information content (AvgIpc) is 2.48. The fraction of sp³-hybridized carbons (Fsp3) is 0.294. The summed E-state index contributed by atoms with van der Waals surface area (Å²) in [6, 6.07) is 13.1. The van der Waals surface area contributed by atoms with Crippen LogP contribution in [-0.2, 0) is 16.5 Å². The normalized spacial score (nSPS) is 12.4. The molecule has 0 aromatic heterocycles. The van der Waals surface area contributed by atoms with Crippen LogP contribution in [0.4, 0.5) is 13.2 Å². The average molecular weight is 358 g/mol. The molecular formula is C17H17F3O3S. The lowest BCUT2D eigenvalue weighted by atomic mass is 9.97. The lowest BCUT2D eigenvalue weighted by Gasteiger charge is -2.15. The summed E-state index contributed by atoms with van der Waals surface area (Å²) in [5, 5.41) is 0. The minimum atomic E-state index is -5.72. The molecule has 0 aliphatic rings. The Morgan fingerprint density at radius 1 is 1.04 bits per heavy atom. The Morgan fingerprint density at radius 2 is 1.67 bits per heavy atom. The van der Waals surface area contributed by atoms with Crippen LogP contribution in [-0.4, -0.2) is 13.9 Å². The zero-order chi connectivity index (χ0) is 18.0. The lowest BCUT2D eigenvalue weighted by Crippen LogP contribution is -2.28. The quantitative estimate of drug-likeness (QED) is 0.571. The van der Waals surface area contributed by atoms with E-state index in [-0.39, 0.29) is 5.75 Å². The molecule has 0 bridgehead atoms. The highest BCUT2D eigenvalue weighted by Crippen LogP contribution is 2.35. The highest BCUT2D eigenvalue weighted by Gasteiger charge is 2.48. The van der Waals surface area contributed by atoms with E-state index in [2.05, 4.69) is 4.18 Å². The number of hydrogen-bond donors (Lipinski definition) is 0. The summed E-state index contributed by atoms with van der Waals surface area (Å²) in [4.78, 5) is 0. The molecule has 0 radical (unpaired) electrons. The van der Waals surface area contributed by atoms with E-state index in [1.54, 1.807) is 42.5 Å². The molecule has 0 N–H and O–H groups in total. The van der Waals surface area contributed by atoms with Crippen molar-refractivity contribution < 1.29 is 25.8 Å². The molecule has 0 unspecified atom stereocenters. The van der Waals surface area contributed by atoms with Crippen molar-refractivity contribution in [1.29, 1.82) is 0 Å². The van der Waals surface area contributed by atoms with Crippen LogP contribution in [0.25, 0.3) is 11.1 Å². The van der Waals surface area contributed by atoms with Crippen molar-refractivity contribution in [3.05, 3.63) is 54.1 Å². The van der Waals surface area contributed by atoms with E-state index in [0.29, 0.717) is 23.5 Å². The van der Waals surface area contributed by atoms with Gasteiger partial charge in [-0.3, -0.25) is 0 Å². The second-order valence-electron chi connectivity index (χ2n) is 5.78. The minimum absolute atomic E-state index is 0.307. The van der Waals surface area contributed by atoms with Crippen LogP contribution in [0.3, 0.4) is 0 Å². The van der Waals surface area contributed by atoms with Crippen molar-refractivity contribution in [2.75, 3.05) is 0 Å². The summed E-state index contributed by atoms with van der Waals surface area (Å²) in [5.74, 6) is 0.00494. The molecule has 0 fully saturated rings. The molecule has 3 nitrogen and oxygen atoms in total. The molecule has 0 saturated heterocycles. The van der Waals surface area contributed by atoms with Gasteiger partial charge in [0.25, 0.3) is 0 Å². The van der Waals surface area contributed by atoms with Gasteiger partial charge >= 0.3 is 15.6 Å². The fourth-order valence-electron chi connectivity index (χ4n) is 2.26. The van der Waals surface area contributed by atoms with Gasteiger partial charge < -0.3 is 4.18 Å². The Kier molecular flexibility index (Phi) is 5.22. The number of rotatable bonds is 5. The van der Waals surface area contributed by atoms with Gasteiger partial charge in [-0.1, -0.05) is 50.2 Å². The number of benzene rings is 2. The van der Waals surface area contributed by atoms with Crippen molar-refractivity contribution in [3.63, 3.8) is 0 Å². The third kappa shape index (κ3) is 4.29. The van der Waals surface area contributed by atoms with Gasteiger partial charge in [0, 0.05) is 5.56 Å². The van der Waals surface area contributed by atoms with Crippen LogP contribution in [0.2, 0.25) is 0 Å². The van der Waals surface area contributed by atoms with Gasteiger partial charge in [-0.25, -0.2) is 0 Å². The Morgan fingerprint density at radius 3 is 2.21 bits per heavy atom. The van der Waals surface area contributed by atoms with E-state index < -0.39 is 15.6 Å². The first kappa shape index (κ1) is 18.3. The molecule has 0 amide bonds. The van der Waals surface area contributed by atoms with Crippen molar-refractivity contribution in [2.45, 2.75) is 25.8 Å². The summed E-state index contributed by atoms with van der Waals surface area (Å²) in [6.45, 7) is 4.03. The van der Waals surface area contributed by atoms with Crippen LogP contribution in [0.15, 0.2) is 48.5 Å². The van der Waals surface area contributed by atoms with Gasteiger partial charge in [0.1, 0.15) is 0 Å². The van der Waals surface area contributed by atoms with E-state index in [9.17, 15) is 21.6 Å². The maximum absolute atomic E-state index is 12.6. The van der Waals surface area contributed by atoms with E-state index in [1.807, 2.05) is 13.8 Å². The first-order chi connectivity index (χ1) is 11.1. The van der Waals surface area contributed by atoms with Gasteiger partial charge in [0.15, 0.2) is 5.75 Å². The lowest BCUT2D eigenvalue weighted by molar-refractivity contribution is -0.0499. The van der Waals surface area contributed by atoms with Gasteiger partial charge in [-0.2, -0.15) is 21.6 Å². The highest BCUT2D eigenvalue weighted by molar-refractivity contribution is 7.88. The van der Waals surface area contributed by atoms with Gasteiger partial charge in [0.05, 0.1) is 0 Å². The SMILES string of the molecule is CC(C)Cc1ccc(OS(=O)(=O)C(F)(F)F)c(-c2ccccc2)c1. The van der Waals surface area contributed by atoms with Crippen molar-refractivity contribution in [3.8, 4) is 16.9 Å². The smallest absolute Gasteiger partial charge is 0.375 e. The molecule has 130 valence electrons. The van der Waals surface area contributed by atoms with Crippen LogP contribution < -0.4 is 4.18 Å². The van der Waals surface area contributed by atoms with E-state index in [0.717, 1.165) is 5.56 Å². The molecule has 0 atom stereocenters. The van der Waals surface area contributed by atoms with Crippen LogP contribution in [0.5, 0.6) is 5.75 Å². The van der Waals surface area contributed by atoms with Crippen molar-refractivity contribution in [2.24, 2.45) is 5.92 Å². The first-order valence-electron chi connectivity index (χ1n) is 7.29. The van der Waals surface area contributed by atoms with Crippen LogP contribution >= 0.6 is 0 Å². The number of hydrogen-bond acceptors (Lipinski definition) is 3. The molecule has 24 heavy (non-hydrogen) atoms.